The summed E-state index contributed by atoms with van der Waals surface area (Å²) in [6, 6.07) is 12.1. The van der Waals surface area contributed by atoms with Crippen LogP contribution in [0.1, 0.15) is 5.89 Å². The zero-order chi connectivity index (χ0) is 17.9. The number of aromatic nitrogens is 2. The van der Waals surface area contributed by atoms with E-state index in [4.69, 9.17) is 9.26 Å². The lowest BCUT2D eigenvalue weighted by molar-refractivity contribution is 0.242. The van der Waals surface area contributed by atoms with Crippen LogP contribution in [0.3, 0.4) is 0 Å². The second-order valence-corrected chi connectivity index (χ2v) is 6.95. The number of nitrogens with zero attached hydrogens (tertiary/aromatic N) is 2. The summed E-state index contributed by atoms with van der Waals surface area (Å²) in [7, 11) is -3.33. The monoisotopic (exact) mass is 363 g/mol. The maximum Gasteiger partial charge on any atom is 0.264 e. The van der Waals surface area contributed by atoms with Gasteiger partial charge in [-0.3, -0.25) is 4.72 Å². The van der Waals surface area contributed by atoms with E-state index < -0.39 is 10.0 Å². The number of nitrogens with one attached hydrogen (secondary N) is 1. The Morgan fingerprint density at radius 3 is 2.44 bits per heavy atom. The molecule has 0 atom stereocenters. The predicted octanol–water partition coefficient (Wildman–Crippen LogP) is 2.83. The molecule has 1 N–H and O–H groups in total. The molecule has 0 fully saturated rings. The van der Waals surface area contributed by atoms with Crippen LogP contribution in [0.2, 0.25) is 0 Å². The van der Waals surface area contributed by atoms with Gasteiger partial charge in [0.1, 0.15) is 11.6 Å². The number of sulfonamides is 1. The van der Waals surface area contributed by atoms with Crippen LogP contribution in [0.4, 0.5) is 10.1 Å². The molecule has 0 saturated heterocycles. The summed E-state index contributed by atoms with van der Waals surface area (Å²) in [5, 5.41) is 3.85. The first kappa shape index (κ1) is 16.9. The number of halogens is 1. The van der Waals surface area contributed by atoms with E-state index in [9.17, 15) is 12.8 Å². The Balaban J connectivity index is 1.65. The second-order valence-electron chi connectivity index (χ2n) is 5.21. The molecule has 0 bridgehead atoms. The van der Waals surface area contributed by atoms with Gasteiger partial charge in [0.15, 0.2) is 6.61 Å². The zero-order valence-electron chi connectivity index (χ0n) is 13.1. The zero-order valence-corrected chi connectivity index (χ0v) is 14.0. The van der Waals surface area contributed by atoms with Crippen LogP contribution in [-0.4, -0.2) is 24.8 Å². The Labute approximate surface area is 143 Å². The quantitative estimate of drug-likeness (QED) is 0.724. The van der Waals surface area contributed by atoms with E-state index in [2.05, 4.69) is 14.9 Å². The third-order valence-corrected chi connectivity index (χ3v) is 3.70. The number of rotatable bonds is 6. The molecule has 0 amide bonds. The minimum atomic E-state index is -3.33. The fourth-order valence-corrected chi connectivity index (χ4v) is 2.57. The van der Waals surface area contributed by atoms with Gasteiger partial charge in [0.25, 0.3) is 5.89 Å². The molecule has 130 valence electrons. The van der Waals surface area contributed by atoms with Crippen LogP contribution in [0.25, 0.3) is 11.4 Å². The van der Waals surface area contributed by atoms with Gasteiger partial charge < -0.3 is 9.26 Å². The van der Waals surface area contributed by atoms with E-state index in [1.54, 1.807) is 24.3 Å². The molecule has 0 unspecified atom stereocenters. The summed E-state index contributed by atoms with van der Waals surface area (Å²) >= 11 is 0. The van der Waals surface area contributed by atoms with Gasteiger partial charge >= 0.3 is 0 Å². The van der Waals surface area contributed by atoms with Crippen molar-refractivity contribution in [2.24, 2.45) is 0 Å². The Bertz CT molecular complexity index is 954. The first-order valence-corrected chi connectivity index (χ1v) is 9.07. The molecule has 2 aromatic carbocycles. The third-order valence-electron chi connectivity index (χ3n) is 3.09. The molecule has 1 aromatic heterocycles. The van der Waals surface area contributed by atoms with E-state index in [1.165, 1.54) is 24.3 Å². The highest BCUT2D eigenvalue weighted by molar-refractivity contribution is 7.92. The van der Waals surface area contributed by atoms with Gasteiger partial charge in [0.2, 0.25) is 15.8 Å². The number of hydrogen-bond acceptors (Lipinski definition) is 6. The van der Waals surface area contributed by atoms with Gasteiger partial charge in [-0.2, -0.15) is 4.98 Å². The summed E-state index contributed by atoms with van der Waals surface area (Å²) in [6.07, 6.45) is 1.08. The molecule has 1 heterocycles. The lowest BCUT2D eigenvalue weighted by Crippen LogP contribution is -2.09. The van der Waals surface area contributed by atoms with Gasteiger partial charge in [-0.1, -0.05) is 5.16 Å². The molecule has 25 heavy (non-hydrogen) atoms. The van der Waals surface area contributed by atoms with Gasteiger partial charge in [0.05, 0.1) is 6.26 Å². The van der Waals surface area contributed by atoms with Gasteiger partial charge in [0, 0.05) is 11.3 Å². The highest BCUT2D eigenvalue weighted by Gasteiger charge is 2.10. The fraction of sp³-hybridized carbons (Fsp3) is 0.125. The van der Waals surface area contributed by atoms with Crippen LogP contribution < -0.4 is 9.46 Å². The Morgan fingerprint density at radius 2 is 1.80 bits per heavy atom. The minimum absolute atomic E-state index is 0.0480. The summed E-state index contributed by atoms with van der Waals surface area (Å²) in [5.41, 5.74) is 1.10. The van der Waals surface area contributed by atoms with Crippen molar-refractivity contribution < 1.29 is 22.1 Å². The van der Waals surface area contributed by atoms with Crippen molar-refractivity contribution in [3.63, 3.8) is 0 Å². The number of ether oxygens (including phenoxy) is 1. The summed E-state index contributed by atoms with van der Waals surface area (Å²) in [6.45, 7) is 0.0480. The number of hydrogen-bond donors (Lipinski definition) is 1. The van der Waals surface area contributed by atoms with Crippen molar-refractivity contribution >= 4 is 15.7 Å². The molecule has 3 aromatic rings. The van der Waals surface area contributed by atoms with Gasteiger partial charge in [-0.25, -0.2) is 12.8 Å². The minimum Gasteiger partial charge on any atom is -0.484 e. The van der Waals surface area contributed by atoms with E-state index >= 15 is 0 Å². The van der Waals surface area contributed by atoms with Crippen molar-refractivity contribution in [1.82, 2.24) is 10.1 Å². The van der Waals surface area contributed by atoms with Crippen LogP contribution >= 0.6 is 0 Å². The van der Waals surface area contributed by atoms with Crippen molar-refractivity contribution in [2.45, 2.75) is 6.61 Å². The molecule has 0 radical (unpaired) electrons. The van der Waals surface area contributed by atoms with E-state index in [0.29, 0.717) is 22.8 Å². The van der Waals surface area contributed by atoms with Crippen molar-refractivity contribution in [2.75, 3.05) is 11.0 Å². The maximum absolute atomic E-state index is 12.8. The van der Waals surface area contributed by atoms with E-state index in [-0.39, 0.29) is 18.3 Å². The van der Waals surface area contributed by atoms with E-state index in [1.807, 2.05) is 0 Å². The molecular formula is C16H14FN3O4S. The summed E-state index contributed by atoms with van der Waals surface area (Å²) in [4.78, 5) is 4.20. The first-order chi connectivity index (χ1) is 11.9. The van der Waals surface area contributed by atoms with Crippen LogP contribution in [0, 0.1) is 5.82 Å². The lowest BCUT2D eigenvalue weighted by atomic mass is 10.2. The topological polar surface area (TPSA) is 94.3 Å². The molecule has 0 spiro atoms. The SMILES string of the molecule is CS(=O)(=O)Nc1ccc(-c2noc(COc3ccc(F)cc3)n2)cc1. The normalized spacial score (nSPS) is 11.3. The van der Waals surface area contributed by atoms with Crippen LogP contribution in [0.5, 0.6) is 5.75 Å². The van der Waals surface area contributed by atoms with Crippen molar-refractivity contribution in [1.29, 1.82) is 0 Å². The number of anilines is 1. The summed E-state index contributed by atoms with van der Waals surface area (Å²) in [5.74, 6) is 0.750. The standard InChI is InChI=1S/C16H14FN3O4S/c1-25(21,22)20-13-6-2-11(3-7-13)16-18-15(24-19-16)10-23-14-8-4-12(17)5-9-14/h2-9,20H,10H2,1H3. The Kier molecular flexibility index (Phi) is 4.66. The fourth-order valence-electron chi connectivity index (χ4n) is 2.01. The molecule has 0 aliphatic heterocycles. The highest BCUT2D eigenvalue weighted by atomic mass is 32.2. The maximum atomic E-state index is 12.8. The first-order valence-electron chi connectivity index (χ1n) is 7.18. The predicted molar refractivity (Wildman–Crippen MR) is 88.9 cm³/mol. The van der Waals surface area contributed by atoms with Crippen molar-refractivity contribution in [3.8, 4) is 17.1 Å². The molecular weight excluding hydrogens is 349 g/mol. The second kappa shape index (κ2) is 6.89. The van der Waals surface area contributed by atoms with E-state index in [0.717, 1.165) is 6.26 Å². The Morgan fingerprint density at radius 1 is 1.12 bits per heavy atom. The highest BCUT2D eigenvalue weighted by Crippen LogP contribution is 2.20. The largest absolute Gasteiger partial charge is 0.484 e. The molecule has 7 nitrogen and oxygen atoms in total. The molecule has 3 rings (SSSR count). The Hall–Kier alpha value is -2.94. The average Bonchev–Trinajstić information content (AvgIpc) is 3.02. The van der Waals surface area contributed by atoms with Gasteiger partial charge in [-0.15, -0.1) is 0 Å². The van der Waals surface area contributed by atoms with Crippen LogP contribution in [0.15, 0.2) is 53.1 Å². The molecule has 0 saturated carbocycles. The van der Waals surface area contributed by atoms with Crippen LogP contribution in [-0.2, 0) is 16.6 Å². The van der Waals surface area contributed by atoms with Gasteiger partial charge in [-0.05, 0) is 48.5 Å². The smallest absolute Gasteiger partial charge is 0.264 e. The molecule has 0 aliphatic carbocycles. The summed E-state index contributed by atoms with van der Waals surface area (Å²) < 4.78 is 48.1. The third kappa shape index (κ3) is 4.77. The number of benzene rings is 2. The molecule has 0 aliphatic rings. The lowest BCUT2D eigenvalue weighted by Gasteiger charge is -2.03. The molecule has 9 heteroatoms. The average molecular weight is 363 g/mol. The van der Waals surface area contributed by atoms with Crippen molar-refractivity contribution in [3.05, 3.63) is 60.2 Å².